The van der Waals surface area contributed by atoms with Gasteiger partial charge in [0.05, 0.1) is 4.92 Å². The second kappa shape index (κ2) is 4.11. The number of nitrogens with zero attached hydrogens (tertiary/aromatic N) is 2. The first-order chi connectivity index (χ1) is 7.16. The maximum atomic E-state index is 10.7. The molecule has 1 aromatic heterocycles. The molecule has 6 nitrogen and oxygen atoms in total. The Bertz CT molecular complexity index is 395. The summed E-state index contributed by atoms with van der Waals surface area (Å²) in [5.74, 6) is 0.0784. The molecule has 1 aliphatic heterocycles. The van der Waals surface area contributed by atoms with E-state index >= 15 is 0 Å². The van der Waals surface area contributed by atoms with Gasteiger partial charge in [0.1, 0.15) is 6.10 Å². The molecule has 2 heterocycles. The van der Waals surface area contributed by atoms with Gasteiger partial charge in [0, 0.05) is 29.8 Å². The second-order valence-corrected chi connectivity index (χ2v) is 4.05. The fraction of sp³-hybridized carbons (Fsp3) is 0.375. The van der Waals surface area contributed by atoms with Crippen LogP contribution in [0.5, 0.6) is 5.88 Å². The molecule has 80 valence electrons. The molecule has 0 saturated carbocycles. The highest BCUT2D eigenvalue weighted by atomic mass is 79.9. The van der Waals surface area contributed by atoms with E-state index in [1.165, 1.54) is 12.3 Å². The van der Waals surface area contributed by atoms with Gasteiger partial charge in [0.15, 0.2) is 0 Å². The SMILES string of the molecule is O=[N+]([O-])c1cc(Br)cnc1OC1CNC1. The molecule has 15 heavy (non-hydrogen) atoms. The van der Waals surface area contributed by atoms with Gasteiger partial charge in [0.2, 0.25) is 0 Å². The fourth-order valence-corrected chi connectivity index (χ4v) is 1.46. The summed E-state index contributed by atoms with van der Waals surface area (Å²) in [5, 5.41) is 13.7. The molecule has 7 heteroatoms. The van der Waals surface area contributed by atoms with Gasteiger partial charge in [-0.3, -0.25) is 10.1 Å². The van der Waals surface area contributed by atoms with Gasteiger partial charge in [-0.1, -0.05) is 0 Å². The lowest BCUT2D eigenvalue weighted by Gasteiger charge is -2.26. The number of ether oxygens (including phenoxy) is 1. The Morgan fingerprint density at radius 2 is 2.40 bits per heavy atom. The summed E-state index contributed by atoms with van der Waals surface area (Å²) in [4.78, 5) is 14.1. The van der Waals surface area contributed by atoms with Crippen LogP contribution in [-0.4, -0.2) is 29.1 Å². The standard InChI is InChI=1S/C8H8BrN3O3/c9-5-1-7(12(13)14)8(11-2-5)15-6-3-10-4-6/h1-2,6,10H,3-4H2. The van der Waals surface area contributed by atoms with Gasteiger partial charge >= 0.3 is 5.69 Å². The average Bonchev–Trinajstić information content (AvgIpc) is 2.12. The van der Waals surface area contributed by atoms with E-state index in [0.717, 1.165) is 0 Å². The smallest absolute Gasteiger partial charge is 0.332 e. The fourth-order valence-electron chi connectivity index (χ4n) is 1.14. The van der Waals surface area contributed by atoms with E-state index < -0.39 is 4.92 Å². The van der Waals surface area contributed by atoms with E-state index in [1.54, 1.807) is 0 Å². The summed E-state index contributed by atoms with van der Waals surface area (Å²) < 4.78 is 5.92. The summed E-state index contributed by atoms with van der Waals surface area (Å²) in [5.41, 5.74) is -0.115. The quantitative estimate of drug-likeness (QED) is 0.659. The molecule has 1 fully saturated rings. The van der Waals surface area contributed by atoms with Crippen LogP contribution in [0.15, 0.2) is 16.7 Å². The molecule has 0 radical (unpaired) electrons. The first-order valence-corrected chi connectivity index (χ1v) is 5.13. The van der Waals surface area contributed by atoms with Crippen LogP contribution in [0.25, 0.3) is 0 Å². The predicted molar refractivity (Wildman–Crippen MR) is 55.9 cm³/mol. The van der Waals surface area contributed by atoms with Gasteiger partial charge in [0.25, 0.3) is 5.88 Å². The summed E-state index contributed by atoms with van der Waals surface area (Å²) in [6.07, 6.45) is 1.46. The number of aromatic nitrogens is 1. The monoisotopic (exact) mass is 273 g/mol. The molecule has 0 atom stereocenters. The Morgan fingerprint density at radius 1 is 1.67 bits per heavy atom. The van der Waals surface area contributed by atoms with Crippen LogP contribution in [0.1, 0.15) is 0 Å². The molecule has 0 bridgehead atoms. The third-order valence-electron chi connectivity index (χ3n) is 2.02. The number of halogens is 1. The summed E-state index contributed by atoms with van der Waals surface area (Å²) in [6.45, 7) is 1.41. The molecule has 0 unspecified atom stereocenters. The van der Waals surface area contributed by atoms with Crippen molar-refractivity contribution in [3.8, 4) is 5.88 Å². The van der Waals surface area contributed by atoms with Gasteiger partial charge in [-0.25, -0.2) is 4.98 Å². The average molecular weight is 274 g/mol. The molecular weight excluding hydrogens is 266 g/mol. The van der Waals surface area contributed by atoms with Crippen LogP contribution < -0.4 is 10.1 Å². The lowest BCUT2D eigenvalue weighted by Crippen LogP contribution is -2.50. The van der Waals surface area contributed by atoms with E-state index in [2.05, 4.69) is 26.2 Å². The van der Waals surface area contributed by atoms with Crippen molar-refractivity contribution in [3.63, 3.8) is 0 Å². The van der Waals surface area contributed by atoms with Gasteiger partial charge < -0.3 is 10.1 Å². The lowest BCUT2D eigenvalue weighted by atomic mass is 10.2. The molecule has 1 saturated heterocycles. The molecule has 0 aliphatic carbocycles. The number of pyridine rings is 1. The third kappa shape index (κ3) is 2.24. The topological polar surface area (TPSA) is 77.3 Å². The number of nitrogens with one attached hydrogen (secondary N) is 1. The van der Waals surface area contributed by atoms with Crippen LogP contribution >= 0.6 is 15.9 Å². The summed E-state index contributed by atoms with van der Waals surface area (Å²) in [6, 6.07) is 1.38. The number of hydrogen-bond donors (Lipinski definition) is 1. The van der Waals surface area contributed by atoms with Crippen molar-refractivity contribution < 1.29 is 9.66 Å². The zero-order valence-electron chi connectivity index (χ0n) is 7.64. The molecule has 0 spiro atoms. The van der Waals surface area contributed by atoms with Crippen molar-refractivity contribution in [2.75, 3.05) is 13.1 Å². The zero-order valence-corrected chi connectivity index (χ0v) is 9.23. The Kier molecular flexibility index (Phi) is 2.83. The van der Waals surface area contributed by atoms with Crippen molar-refractivity contribution in [2.24, 2.45) is 0 Å². The molecule has 0 amide bonds. The molecule has 2 rings (SSSR count). The molecule has 1 N–H and O–H groups in total. The Labute approximate surface area is 93.9 Å². The Hall–Kier alpha value is -1.21. The molecular formula is C8H8BrN3O3. The minimum absolute atomic E-state index is 0.0163. The second-order valence-electron chi connectivity index (χ2n) is 3.13. The van der Waals surface area contributed by atoms with Crippen molar-refractivity contribution in [1.29, 1.82) is 0 Å². The highest BCUT2D eigenvalue weighted by Gasteiger charge is 2.24. The van der Waals surface area contributed by atoms with Crippen LogP contribution in [0.3, 0.4) is 0 Å². The van der Waals surface area contributed by atoms with Crippen molar-refractivity contribution in [2.45, 2.75) is 6.10 Å². The van der Waals surface area contributed by atoms with Crippen LogP contribution in [0.4, 0.5) is 5.69 Å². The van der Waals surface area contributed by atoms with Crippen molar-refractivity contribution in [1.82, 2.24) is 10.3 Å². The highest BCUT2D eigenvalue weighted by molar-refractivity contribution is 9.10. The summed E-state index contributed by atoms with van der Waals surface area (Å²) in [7, 11) is 0. The number of rotatable bonds is 3. The minimum Gasteiger partial charge on any atom is -0.467 e. The van der Waals surface area contributed by atoms with Gasteiger partial charge in [-0.2, -0.15) is 0 Å². The first kappa shape index (κ1) is 10.3. The Balaban J connectivity index is 2.23. The predicted octanol–water partition coefficient (Wildman–Crippen LogP) is 1.10. The van der Waals surface area contributed by atoms with Crippen LogP contribution in [0.2, 0.25) is 0 Å². The lowest BCUT2D eigenvalue weighted by molar-refractivity contribution is -0.386. The van der Waals surface area contributed by atoms with Gasteiger partial charge in [-0.15, -0.1) is 0 Å². The Morgan fingerprint density at radius 3 is 2.93 bits per heavy atom. The van der Waals surface area contributed by atoms with E-state index in [9.17, 15) is 10.1 Å². The third-order valence-corrected chi connectivity index (χ3v) is 2.45. The van der Waals surface area contributed by atoms with Crippen molar-refractivity contribution in [3.05, 3.63) is 26.9 Å². The molecule has 0 aromatic carbocycles. The maximum absolute atomic E-state index is 10.7. The maximum Gasteiger partial charge on any atom is 0.332 e. The van der Waals surface area contributed by atoms with Gasteiger partial charge in [-0.05, 0) is 15.9 Å². The van der Waals surface area contributed by atoms with E-state index in [-0.39, 0.29) is 17.7 Å². The molecule has 1 aliphatic rings. The first-order valence-electron chi connectivity index (χ1n) is 4.34. The van der Waals surface area contributed by atoms with Crippen LogP contribution in [-0.2, 0) is 0 Å². The number of hydrogen-bond acceptors (Lipinski definition) is 5. The van der Waals surface area contributed by atoms with E-state index in [4.69, 9.17) is 4.74 Å². The number of nitro groups is 1. The van der Waals surface area contributed by atoms with Crippen molar-refractivity contribution >= 4 is 21.6 Å². The normalized spacial score (nSPS) is 15.8. The van der Waals surface area contributed by atoms with Crippen LogP contribution in [0, 0.1) is 10.1 Å². The minimum atomic E-state index is -0.501. The van der Waals surface area contributed by atoms with E-state index in [0.29, 0.717) is 17.6 Å². The zero-order chi connectivity index (χ0) is 10.8. The highest BCUT2D eigenvalue weighted by Crippen LogP contribution is 2.28. The summed E-state index contributed by atoms with van der Waals surface area (Å²) >= 11 is 3.13. The largest absolute Gasteiger partial charge is 0.467 e. The molecule has 1 aromatic rings. The van der Waals surface area contributed by atoms with E-state index in [1.807, 2.05) is 0 Å².